The molecular formula is C28H20F6N2O5S3. The number of thiophene rings is 1. The number of thioether (sulfide) groups is 1. The van der Waals surface area contributed by atoms with Crippen molar-refractivity contribution >= 4 is 69.2 Å². The van der Waals surface area contributed by atoms with Crippen LogP contribution in [0.1, 0.15) is 32.8 Å². The van der Waals surface area contributed by atoms with E-state index < -0.39 is 41.3 Å². The van der Waals surface area contributed by atoms with Gasteiger partial charge in [0.15, 0.2) is 0 Å². The van der Waals surface area contributed by atoms with Crippen LogP contribution in [0.15, 0.2) is 52.7 Å². The molecule has 7 nitrogen and oxygen atoms in total. The van der Waals surface area contributed by atoms with Crippen LogP contribution in [0.25, 0.3) is 17.2 Å². The van der Waals surface area contributed by atoms with Crippen LogP contribution >= 0.6 is 35.3 Å². The number of nitrogens with one attached hydrogen (secondary N) is 1. The number of esters is 1. The second kappa shape index (κ2) is 13.0. The summed E-state index contributed by atoms with van der Waals surface area (Å²) in [6.07, 6.45) is -8.68. The van der Waals surface area contributed by atoms with Gasteiger partial charge < -0.3 is 14.8 Å². The van der Waals surface area contributed by atoms with Crippen molar-refractivity contribution in [1.82, 2.24) is 4.90 Å². The Morgan fingerprint density at radius 1 is 0.977 bits per heavy atom. The number of alkyl halides is 6. The van der Waals surface area contributed by atoms with Crippen molar-refractivity contribution in [3.05, 3.63) is 74.3 Å². The Hall–Kier alpha value is -3.89. The fourth-order valence-electron chi connectivity index (χ4n) is 4.01. The van der Waals surface area contributed by atoms with Gasteiger partial charge in [0, 0.05) is 29.6 Å². The number of carbonyl (C=O) groups excluding carboxylic acids is 3. The lowest BCUT2D eigenvalue weighted by molar-refractivity contribution is -0.143. The first kappa shape index (κ1) is 33.0. The van der Waals surface area contributed by atoms with E-state index in [4.69, 9.17) is 17.0 Å². The smallest absolute Gasteiger partial charge is 0.416 e. The van der Waals surface area contributed by atoms with Crippen LogP contribution in [-0.4, -0.2) is 47.8 Å². The zero-order valence-corrected chi connectivity index (χ0v) is 25.0. The van der Waals surface area contributed by atoms with Crippen LogP contribution in [0.4, 0.5) is 32.0 Å². The Bertz CT molecular complexity index is 1630. The van der Waals surface area contributed by atoms with E-state index in [-0.39, 0.29) is 50.7 Å². The number of ether oxygens (including phenoxy) is 2. The van der Waals surface area contributed by atoms with E-state index in [1.54, 1.807) is 0 Å². The molecule has 3 aromatic rings. The van der Waals surface area contributed by atoms with Gasteiger partial charge in [0.05, 0.1) is 30.3 Å². The first-order valence-electron chi connectivity index (χ1n) is 12.3. The Kier molecular flexibility index (Phi) is 9.75. The number of hydrogen-bond donors (Lipinski definition) is 1. The molecule has 16 heteroatoms. The number of nitrogens with zero attached hydrogens (tertiary/aromatic N) is 1. The molecule has 1 aliphatic rings. The zero-order valence-electron chi connectivity index (χ0n) is 22.6. The molecule has 1 N–H and O–H groups in total. The van der Waals surface area contributed by atoms with E-state index in [9.17, 15) is 40.7 Å². The van der Waals surface area contributed by atoms with Gasteiger partial charge in [0.25, 0.3) is 5.91 Å². The number of hydrogen-bond acceptors (Lipinski definition) is 8. The molecule has 44 heavy (non-hydrogen) atoms. The Morgan fingerprint density at radius 3 is 2.23 bits per heavy atom. The maximum atomic E-state index is 13.3. The number of anilines is 1. The normalized spacial score (nSPS) is 14.7. The number of rotatable bonds is 8. The molecule has 0 spiro atoms. The molecule has 0 saturated carbocycles. The van der Waals surface area contributed by atoms with Crippen molar-refractivity contribution in [2.45, 2.75) is 18.8 Å². The van der Waals surface area contributed by atoms with E-state index in [0.717, 1.165) is 23.1 Å². The summed E-state index contributed by atoms with van der Waals surface area (Å²) in [5.41, 5.74) is -2.53. The summed E-state index contributed by atoms with van der Waals surface area (Å²) in [5.74, 6) is -1.40. The monoisotopic (exact) mass is 674 g/mol. The van der Waals surface area contributed by atoms with Gasteiger partial charge >= 0.3 is 18.3 Å². The highest BCUT2D eigenvalue weighted by molar-refractivity contribution is 8.26. The van der Waals surface area contributed by atoms with Gasteiger partial charge in [-0.2, -0.15) is 26.3 Å². The summed E-state index contributed by atoms with van der Waals surface area (Å²) < 4.78 is 89.6. The molecule has 0 radical (unpaired) electrons. The third-order valence-corrected chi connectivity index (χ3v) is 8.40. The zero-order chi connectivity index (χ0) is 32.4. The molecule has 4 rings (SSSR count). The average molecular weight is 675 g/mol. The van der Waals surface area contributed by atoms with E-state index in [0.29, 0.717) is 22.7 Å². The number of amides is 2. The lowest BCUT2D eigenvalue weighted by atomic mass is 10.0. The highest BCUT2D eigenvalue weighted by Crippen LogP contribution is 2.40. The third-order valence-electron chi connectivity index (χ3n) is 6.14. The van der Waals surface area contributed by atoms with E-state index in [1.165, 1.54) is 54.8 Å². The summed E-state index contributed by atoms with van der Waals surface area (Å²) in [6.45, 7) is -0.0641. The highest BCUT2D eigenvalue weighted by atomic mass is 32.2. The number of benzene rings is 2. The van der Waals surface area contributed by atoms with Gasteiger partial charge in [-0.3, -0.25) is 14.5 Å². The Morgan fingerprint density at radius 2 is 1.64 bits per heavy atom. The molecule has 1 saturated heterocycles. The summed E-state index contributed by atoms with van der Waals surface area (Å²) in [5, 5.41) is 4.03. The standard InChI is InChI=1S/C28H20F6N2O5S3/c1-40-21-11-18(3-4-20(21)25(39)41-2)35-23(37)5-6-36-24(38)22(44-26(36)42)12-19-9-15(13-43-19)14-7-16(27(29,30)31)10-17(8-14)28(32,33)34/h3-4,7-13H,5-6H2,1-2H3,(H,35,37). The summed E-state index contributed by atoms with van der Waals surface area (Å²) in [7, 11) is 2.57. The minimum absolute atomic E-state index is 0.0556. The van der Waals surface area contributed by atoms with Crippen LogP contribution in [0, 0.1) is 0 Å². The molecule has 1 aliphatic heterocycles. The average Bonchev–Trinajstić information content (AvgIpc) is 3.53. The van der Waals surface area contributed by atoms with Gasteiger partial charge in [-0.15, -0.1) is 11.3 Å². The SMILES string of the molecule is COC(=O)c1ccc(NC(=O)CCN2C(=O)C(=Cc3cc(-c4cc(C(F)(F)F)cc(C(F)(F)F)c4)cs3)SC2=S)cc1OC. The fourth-order valence-corrected chi connectivity index (χ4v) is 6.23. The largest absolute Gasteiger partial charge is 0.496 e. The van der Waals surface area contributed by atoms with Crippen molar-refractivity contribution in [3.63, 3.8) is 0 Å². The van der Waals surface area contributed by atoms with Gasteiger partial charge in [0.2, 0.25) is 5.91 Å². The molecule has 2 amide bonds. The Balaban J connectivity index is 1.44. The third kappa shape index (κ3) is 7.60. The molecule has 0 bridgehead atoms. The molecule has 2 aromatic carbocycles. The van der Waals surface area contributed by atoms with Crippen LogP contribution in [0.5, 0.6) is 5.75 Å². The van der Waals surface area contributed by atoms with E-state index in [1.807, 2.05) is 0 Å². The molecular weight excluding hydrogens is 655 g/mol. The summed E-state index contributed by atoms with van der Waals surface area (Å²) >= 11 is 7.25. The quantitative estimate of drug-likeness (QED) is 0.115. The number of methoxy groups -OCH3 is 2. The molecule has 232 valence electrons. The molecule has 0 atom stereocenters. The molecule has 2 heterocycles. The molecule has 1 fully saturated rings. The minimum Gasteiger partial charge on any atom is -0.496 e. The maximum absolute atomic E-state index is 13.3. The molecule has 0 unspecified atom stereocenters. The van der Waals surface area contributed by atoms with Crippen LogP contribution in [0.2, 0.25) is 0 Å². The van der Waals surface area contributed by atoms with Crippen LogP contribution in [0.3, 0.4) is 0 Å². The highest BCUT2D eigenvalue weighted by Gasteiger charge is 2.37. The van der Waals surface area contributed by atoms with Crippen molar-refractivity contribution in [3.8, 4) is 16.9 Å². The second-order valence-corrected chi connectivity index (χ2v) is 11.7. The van der Waals surface area contributed by atoms with Crippen molar-refractivity contribution in [1.29, 1.82) is 0 Å². The topological polar surface area (TPSA) is 84.9 Å². The maximum Gasteiger partial charge on any atom is 0.416 e. The van der Waals surface area contributed by atoms with Gasteiger partial charge in [-0.1, -0.05) is 24.0 Å². The summed E-state index contributed by atoms with van der Waals surface area (Å²) in [6, 6.07) is 7.04. The van der Waals surface area contributed by atoms with E-state index >= 15 is 0 Å². The van der Waals surface area contributed by atoms with Crippen LogP contribution < -0.4 is 10.1 Å². The number of thiocarbonyl (C=S) groups is 1. The van der Waals surface area contributed by atoms with Crippen molar-refractivity contribution < 1.29 is 50.2 Å². The van der Waals surface area contributed by atoms with E-state index in [2.05, 4.69) is 10.1 Å². The predicted molar refractivity (Wildman–Crippen MR) is 157 cm³/mol. The summed E-state index contributed by atoms with van der Waals surface area (Å²) in [4.78, 5) is 39.2. The molecule has 1 aromatic heterocycles. The lowest BCUT2D eigenvalue weighted by Gasteiger charge is -2.14. The first-order chi connectivity index (χ1) is 20.6. The van der Waals surface area contributed by atoms with Gasteiger partial charge in [-0.05, 0) is 59.0 Å². The van der Waals surface area contributed by atoms with Crippen molar-refractivity contribution in [2.75, 3.05) is 26.1 Å². The Labute approximate surface area is 259 Å². The van der Waals surface area contributed by atoms with Gasteiger partial charge in [-0.25, -0.2) is 4.79 Å². The van der Waals surface area contributed by atoms with Gasteiger partial charge in [0.1, 0.15) is 15.6 Å². The second-order valence-electron chi connectivity index (χ2n) is 9.07. The van der Waals surface area contributed by atoms with Crippen molar-refractivity contribution in [2.24, 2.45) is 0 Å². The first-order valence-corrected chi connectivity index (χ1v) is 14.4. The molecule has 0 aliphatic carbocycles. The minimum atomic E-state index is -4.98. The number of carbonyl (C=O) groups is 3. The predicted octanol–water partition coefficient (Wildman–Crippen LogP) is 7.48. The number of halogens is 6. The van der Waals surface area contributed by atoms with Crippen LogP contribution in [-0.2, 0) is 26.7 Å². The lowest BCUT2D eigenvalue weighted by Crippen LogP contribution is -2.31. The fraction of sp³-hybridized carbons (Fsp3) is 0.214.